The lowest BCUT2D eigenvalue weighted by atomic mass is 9.77. The molecule has 0 aliphatic heterocycles. The molecule has 1 atom stereocenters. The number of hydrogen-bond acceptors (Lipinski definition) is 5. The topological polar surface area (TPSA) is 95.9 Å². The van der Waals surface area contributed by atoms with Gasteiger partial charge in [0.25, 0.3) is 5.91 Å². The van der Waals surface area contributed by atoms with Gasteiger partial charge in [0.2, 0.25) is 0 Å². The number of benzene rings is 1. The summed E-state index contributed by atoms with van der Waals surface area (Å²) in [5, 5.41) is 21.1. The van der Waals surface area contributed by atoms with Gasteiger partial charge in [-0.05, 0) is 36.4 Å². The maximum absolute atomic E-state index is 12.1. The monoisotopic (exact) mass is 305 g/mol. The minimum absolute atomic E-state index is 0.00165. The van der Waals surface area contributed by atoms with Gasteiger partial charge in [-0.2, -0.15) is 0 Å². The molecule has 1 aliphatic carbocycles. The molecule has 1 fully saturated rings. The number of methoxy groups -OCH3 is 1. The standard InChI is InChI=1S/C15H20BNO5/c1-22-14(10-3-2-4-10)8-17-15(19)11-5-6-13(16(20)21)12(7-11)9-18/h5-7,9-10,14,20-21H,2-4,8H2,1H3,(H,17,19). The van der Waals surface area contributed by atoms with E-state index in [0.29, 0.717) is 24.3 Å². The summed E-state index contributed by atoms with van der Waals surface area (Å²) >= 11 is 0. The first-order valence-electron chi connectivity index (χ1n) is 7.33. The van der Waals surface area contributed by atoms with Crippen LogP contribution in [0.4, 0.5) is 0 Å². The summed E-state index contributed by atoms with van der Waals surface area (Å²) in [6.45, 7) is 0.417. The molecule has 6 nitrogen and oxygen atoms in total. The number of carbonyl (C=O) groups is 2. The quantitative estimate of drug-likeness (QED) is 0.476. The number of ether oxygens (including phenoxy) is 1. The minimum Gasteiger partial charge on any atom is -0.423 e. The SMILES string of the molecule is COC(CNC(=O)c1ccc(B(O)O)c(C=O)c1)C1CCC1. The molecule has 0 spiro atoms. The van der Waals surface area contributed by atoms with Crippen molar-refractivity contribution < 1.29 is 24.4 Å². The molecule has 2 rings (SSSR count). The summed E-state index contributed by atoms with van der Waals surface area (Å²) in [6.07, 6.45) is 3.94. The molecule has 1 saturated carbocycles. The Bertz CT molecular complexity index is 545. The van der Waals surface area contributed by atoms with E-state index in [1.165, 1.54) is 24.6 Å². The molecule has 0 heterocycles. The first-order valence-corrected chi connectivity index (χ1v) is 7.33. The van der Waals surface area contributed by atoms with Crippen molar-refractivity contribution >= 4 is 24.8 Å². The van der Waals surface area contributed by atoms with Crippen molar-refractivity contribution in [3.63, 3.8) is 0 Å². The Labute approximate surface area is 129 Å². The summed E-state index contributed by atoms with van der Waals surface area (Å²) in [5.74, 6) is 0.172. The molecule has 0 saturated heterocycles. The normalized spacial score (nSPS) is 15.8. The maximum Gasteiger partial charge on any atom is 0.489 e. The molecular formula is C15H20BNO5. The van der Waals surface area contributed by atoms with E-state index < -0.39 is 7.12 Å². The van der Waals surface area contributed by atoms with Crippen molar-refractivity contribution in [3.8, 4) is 0 Å². The number of carbonyl (C=O) groups excluding carboxylic acids is 2. The van der Waals surface area contributed by atoms with Crippen molar-refractivity contribution in [2.24, 2.45) is 5.92 Å². The van der Waals surface area contributed by atoms with Crippen LogP contribution in [0.2, 0.25) is 0 Å². The third kappa shape index (κ3) is 3.74. The Balaban J connectivity index is 2.01. The molecule has 0 aromatic heterocycles. The van der Waals surface area contributed by atoms with Crippen LogP contribution in [0.5, 0.6) is 0 Å². The van der Waals surface area contributed by atoms with Gasteiger partial charge in [-0.15, -0.1) is 0 Å². The molecule has 1 aliphatic rings. The van der Waals surface area contributed by atoms with Crippen LogP contribution in [-0.2, 0) is 4.74 Å². The van der Waals surface area contributed by atoms with Crippen molar-refractivity contribution in [3.05, 3.63) is 29.3 Å². The van der Waals surface area contributed by atoms with Crippen LogP contribution >= 0.6 is 0 Å². The second-order valence-corrected chi connectivity index (χ2v) is 5.51. The molecule has 1 aromatic rings. The van der Waals surface area contributed by atoms with E-state index in [1.807, 2.05) is 0 Å². The third-order valence-electron chi connectivity index (χ3n) is 4.20. The molecular weight excluding hydrogens is 285 g/mol. The second-order valence-electron chi connectivity index (χ2n) is 5.51. The summed E-state index contributed by atoms with van der Waals surface area (Å²) in [6, 6.07) is 4.17. The van der Waals surface area contributed by atoms with Crippen LogP contribution in [0.25, 0.3) is 0 Å². The minimum atomic E-state index is -1.74. The van der Waals surface area contributed by atoms with Gasteiger partial charge < -0.3 is 20.1 Å². The van der Waals surface area contributed by atoms with Crippen LogP contribution in [0, 0.1) is 5.92 Å². The summed E-state index contributed by atoms with van der Waals surface area (Å²) in [4.78, 5) is 23.1. The molecule has 1 amide bonds. The van der Waals surface area contributed by atoms with Crippen LogP contribution in [0.1, 0.15) is 40.0 Å². The lowest BCUT2D eigenvalue weighted by Crippen LogP contribution is -2.40. The van der Waals surface area contributed by atoms with Crippen LogP contribution in [0.15, 0.2) is 18.2 Å². The summed E-state index contributed by atoms with van der Waals surface area (Å²) < 4.78 is 5.40. The maximum atomic E-state index is 12.1. The average molecular weight is 305 g/mol. The Kier molecular flexibility index (Phi) is 5.71. The van der Waals surface area contributed by atoms with Crippen LogP contribution in [0.3, 0.4) is 0 Å². The highest BCUT2D eigenvalue weighted by Gasteiger charge is 2.27. The van der Waals surface area contributed by atoms with E-state index in [1.54, 1.807) is 7.11 Å². The molecule has 118 valence electrons. The summed E-state index contributed by atoms with van der Waals surface area (Å²) in [5.41, 5.74) is 0.468. The Morgan fingerprint density at radius 2 is 2.23 bits per heavy atom. The van der Waals surface area contributed by atoms with Gasteiger partial charge in [0.1, 0.15) is 6.29 Å². The zero-order valence-electron chi connectivity index (χ0n) is 12.5. The summed E-state index contributed by atoms with van der Waals surface area (Å²) in [7, 11) is -0.106. The zero-order valence-corrected chi connectivity index (χ0v) is 12.5. The zero-order chi connectivity index (χ0) is 16.1. The fourth-order valence-electron chi connectivity index (χ4n) is 2.60. The Morgan fingerprint density at radius 3 is 2.73 bits per heavy atom. The van der Waals surface area contributed by atoms with Crippen LogP contribution < -0.4 is 10.8 Å². The fourth-order valence-corrected chi connectivity index (χ4v) is 2.60. The molecule has 1 aromatic carbocycles. The van der Waals surface area contributed by atoms with Gasteiger partial charge in [0, 0.05) is 24.8 Å². The predicted molar refractivity (Wildman–Crippen MR) is 82.1 cm³/mol. The smallest absolute Gasteiger partial charge is 0.423 e. The lowest BCUT2D eigenvalue weighted by Gasteiger charge is -2.32. The molecule has 0 radical (unpaired) electrons. The molecule has 3 N–H and O–H groups in total. The van der Waals surface area contributed by atoms with E-state index in [9.17, 15) is 9.59 Å². The highest BCUT2D eigenvalue weighted by Crippen LogP contribution is 2.30. The number of hydrogen-bond donors (Lipinski definition) is 3. The number of amides is 1. The third-order valence-corrected chi connectivity index (χ3v) is 4.20. The van der Waals surface area contributed by atoms with E-state index in [4.69, 9.17) is 14.8 Å². The molecule has 0 bridgehead atoms. The fraction of sp³-hybridized carbons (Fsp3) is 0.467. The van der Waals surface area contributed by atoms with E-state index >= 15 is 0 Å². The first-order chi connectivity index (χ1) is 10.6. The molecule has 1 unspecified atom stereocenters. The second kappa shape index (κ2) is 7.53. The van der Waals surface area contributed by atoms with Gasteiger partial charge in [-0.1, -0.05) is 12.5 Å². The van der Waals surface area contributed by atoms with Gasteiger partial charge in [0.05, 0.1) is 6.10 Å². The van der Waals surface area contributed by atoms with Gasteiger partial charge in [-0.3, -0.25) is 9.59 Å². The van der Waals surface area contributed by atoms with Gasteiger partial charge in [-0.25, -0.2) is 0 Å². The van der Waals surface area contributed by atoms with Crippen LogP contribution in [-0.4, -0.2) is 49.1 Å². The van der Waals surface area contributed by atoms with E-state index in [0.717, 1.165) is 12.8 Å². The largest absolute Gasteiger partial charge is 0.489 e. The molecule has 22 heavy (non-hydrogen) atoms. The highest BCUT2D eigenvalue weighted by atomic mass is 16.5. The Hall–Kier alpha value is -1.70. The number of nitrogens with one attached hydrogen (secondary N) is 1. The lowest BCUT2D eigenvalue weighted by molar-refractivity contribution is 0.0199. The van der Waals surface area contributed by atoms with Crippen molar-refractivity contribution in [1.29, 1.82) is 0 Å². The molecule has 7 heteroatoms. The highest BCUT2D eigenvalue weighted by molar-refractivity contribution is 6.60. The Morgan fingerprint density at radius 1 is 1.50 bits per heavy atom. The van der Waals surface area contributed by atoms with E-state index in [-0.39, 0.29) is 23.0 Å². The number of aldehydes is 1. The van der Waals surface area contributed by atoms with E-state index in [2.05, 4.69) is 5.32 Å². The van der Waals surface area contributed by atoms with Gasteiger partial charge >= 0.3 is 7.12 Å². The first kappa shape index (κ1) is 16.7. The van der Waals surface area contributed by atoms with Crippen molar-refractivity contribution in [1.82, 2.24) is 5.32 Å². The van der Waals surface area contributed by atoms with Crippen molar-refractivity contribution in [2.45, 2.75) is 25.4 Å². The average Bonchev–Trinajstić information content (AvgIpc) is 2.48. The van der Waals surface area contributed by atoms with Crippen molar-refractivity contribution in [2.75, 3.05) is 13.7 Å². The number of rotatable bonds is 7. The predicted octanol–water partition coefficient (Wildman–Crippen LogP) is -0.276. The van der Waals surface area contributed by atoms with Gasteiger partial charge in [0.15, 0.2) is 0 Å².